The molecule has 10 nitrogen and oxygen atoms in total. The molecular formula is C15H10N6O4S. The quantitative estimate of drug-likeness (QED) is 0.548. The standard InChI is InChI=1S/C15H10N6O4S/c22-20(23)11-6-4-9(5-7-11)14-18-19-13(16-17-15(19)26-14)10-2-1-3-12(8-10)21(24)25/h1-8,14,18H/t14-/m0/s1. The zero-order valence-corrected chi connectivity index (χ0v) is 13.8. The fourth-order valence-corrected chi connectivity index (χ4v) is 3.57. The van der Waals surface area contributed by atoms with Gasteiger partial charge in [0.1, 0.15) is 5.37 Å². The molecule has 1 N–H and O–H groups in total. The molecule has 11 heteroatoms. The van der Waals surface area contributed by atoms with Gasteiger partial charge in [-0.05, 0) is 17.7 Å². The van der Waals surface area contributed by atoms with Crippen LogP contribution in [-0.4, -0.2) is 24.7 Å². The number of aromatic nitrogens is 3. The Morgan fingerprint density at radius 1 is 1.00 bits per heavy atom. The maximum Gasteiger partial charge on any atom is 0.270 e. The Balaban J connectivity index is 1.62. The average molecular weight is 370 g/mol. The summed E-state index contributed by atoms with van der Waals surface area (Å²) in [6.45, 7) is 0. The van der Waals surface area contributed by atoms with E-state index in [0.29, 0.717) is 16.5 Å². The van der Waals surface area contributed by atoms with Crippen molar-refractivity contribution in [3.8, 4) is 11.4 Å². The Hall–Kier alpha value is -3.47. The Morgan fingerprint density at radius 2 is 1.73 bits per heavy atom. The fraction of sp³-hybridized carbons (Fsp3) is 0.0667. The van der Waals surface area contributed by atoms with Crippen molar-refractivity contribution in [3.05, 3.63) is 74.3 Å². The molecule has 1 aromatic heterocycles. The molecule has 0 saturated heterocycles. The number of fused-ring (bicyclic) bond motifs is 1. The van der Waals surface area contributed by atoms with E-state index in [2.05, 4.69) is 15.6 Å². The van der Waals surface area contributed by atoms with Crippen molar-refractivity contribution < 1.29 is 9.85 Å². The van der Waals surface area contributed by atoms with Crippen LogP contribution in [0.3, 0.4) is 0 Å². The summed E-state index contributed by atoms with van der Waals surface area (Å²) in [4.78, 5) is 20.8. The normalized spacial score (nSPS) is 15.3. The van der Waals surface area contributed by atoms with Gasteiger partial charge in [0.2, 0.25) is 5.16 Å². The van der Waals surface area contributed by atoms with Crippen LogP contribution in [0.2, 0.25) is 0 Å². The lowest BCUT2D eigenvalue weighted by Crippen LogP contribution is -2.13. The lowest BCUT2D eigenvalue weighted by molar-refractivity contribution is -0.385. The maximum absolute atomic E-state index is 11.0. The van der Waals surface area contributed by atoms with E-state index in [1.807, 2.05) is 0 Å². The maximum atomic E-state index is 11.0. The predicted molar refractivity (Wildman–Crippen MR) is 93.2 cm³/mol. The number of thioether (sulfide) groups is 1. The SMILES string of the molecule is O=[N+]([O-])c1ccc([C@H]2Nn3c(nnc3-c3cccc([N+](=O)[O-])c3)S2)cc1. The van der Waals surface area contributed by atoms with E-state index >= 15 is 0 Å². The van der Waals surface area contributed by atoms with Crippen molar-refractivity contribution in [1.82, 2.24) is 14.9 Å². The van der Waals surface area contributed by atoms with Gasteiger partial charge in [-0.15, -0.1) is 10.2 Å². The van der Waals surface area contributed by atoms with Crippen molar-refractivity contribution in [2.75, 3.05) is 5.43 Å². The molecule has 0 aliphatic carbocycles. The van der Waals surface area contributed by atoms with E-state index in [-0.39, 0.29) is 16.7 Å². The van der Waals surface area contributed by atoms with E-state index in [0.717, 1.165) is 5.56 Å². The van der Waals surface area contributed by atoms with Gasteiger partial charge in [0, 0.05) is 29.8 Å². The third kappa shape index (κ3) is 2.73. The molecule has 0 saturated carbocycles. The molecule has 4 rings (SSSR count). The first-order valence-corrected chi connectivity index (χ1v) is 8.29. The average Bonchev–Trinajstić information content (AvgIpc) is 3.22. The molecule has 1 atom stereocenters. The zero-order valence-electron chi connectivity index (χ0n) is 13.0. The van der Waals surface area contributed by atoms with Crippen LogP contribution in [-0.2, 0) is 0 Å². The van der Waals surface area contributed by atoms with Gasteiger partial charge in [-0.2, -0.15) is 0 Å². The molecule has 3 aromatic rings. The van der Waals surface area contributed by atoms with E-state index in [9.17, 15) is 20.2 Å². The highest BCUT2D eigenvalue weighted by atomic mass is 32.2. The second-order valence-electron chi connectivity index (χ2n) is 5.42. The van der Waals surface area contributed by atoms with Gasteiger partial charge in [-0.25, -0.2) is 4.68 Å². The van der Waals surface area contributed by atoms with Crippen LogP contribution in [0, 0.1) is 20.2 Å². The third-order valence-electron chi connectivity index (χ3n) is 3.82. The summed E-state index contributed by atoms with van der Waals surface area (Å²) in [6, 6.07) is 12.4. The van der Waals surface area contributed by atoms with Crippen molar-refractivity contribution in [1.29, 1.82) is 0 Å². The summed E-state index contributed by atoms with van der Waals surface area (Å²) in [6.07, 6.45) is 0. The number of benzene rings is 2. The molecule has 0 unspecified atom stereocenters. The number of hydrogen-bond acceptors (Lipinski definition) is 8. The minimum Gasteiger partial charge on any atom is -0.304 e. The molecule has 0 bridgehead atoms. The van der Waals surface area contributed by atoms with Gasteiger partial charge in [0.15, 0.2) is 5.82 Å². The van der Waals surface area contributed by atoms with Crippen molar-refractivity contribution >= 4 is 23.1 Å². The zero-order chi connectivity index (χ0) is 18.3. The summed E-state index contributed by atoms with van der Waals surface area (Å²) in [7, 11) is 0. The Kier molecular flexibility index (Phi) is 3.77. The number of non-ortho nitro benzene ring substituents is 2. The number of nitrogens with zero attached hydrogens (tertiary/aromatic N) is 5. The predicted octanol–water partition coefficient (Wildman–Crippen LogP) is 3.11. The molecule has 1 aliphatic rings. The lowest BCUT2D eigenvalue weighted by Gasteiger charge is -2.12. The van der Waals surface area contributed by atoms with Crippen LogP contribution in [0.1, 0.15) is 10.9 Å². The molecule has 0 spiro atoms. The minimum absolute atomic E-state index is 0.0217. The fourth-order valence-electron chi connectivity index (χ4n) is 2.57. The van der Waals surface area contributed by atoms with Crippen LogP contribution in [0.25, 0.3) is 11.4 Å². The van der Waals surface area contributed by atoms with Gasteiger partial charge in [0.05, 0.1) is 9.85 Å². The summed E-state index contributed by atoms with van der Waals surface area (Å²) in [5.41, 5.74) is 4.61. The molecule has 0 amide bonds. The van der Waals surface area contributed by atoms with Crippen LogP contribution in [0.15, 0.2) is 53.7 Å². The first-order chi connectivity index (χ1) is 12.5. The molecule has 0 radical (unpaired) electrons. The number of nitro groups is 2. The number of rotatable bonds is 4. The first-order valence-electron chi connectivity index (χ1n) is 7.41. The lowest BCUT2D eigenvalue weighted by atomic mass is 10.2. The summed E-state index contributed by atoms with van der Waals surface area (Å²) in [5, 5.41) is 30.3. The molecule has 0 fully saturated rings. The Morgan fingerprint density at radius 3 is 2.42 bits per heavy atom. The monoisotopic (exact) mass is 370 g/mol. The largest absolute Gasteiger partial charge is 0.304 e. The molecule has 2 aromatic carbocycles. The van der Waals surface area contributed by atoms with Gasteiger partial charge < -0.3 is 5.43 Å². The Labute approximate surface area is 150 Å². The van der Waals surface area contributed by atoms with E-state index in [4.69, 9.17) is 0 Å². The second-order valence-corrected chi connectivity index (χ2v) is 6.50. The minimum atomic E-state index is -0.466. The third-order valence-corrected chi connectivity index (χ3v) is 4.91. The van der Waals surface area contributed by atoms with Gasteiger partial charge in [0.25, 0.3) is 11.4 Å². The highest BCUT2D eigenvalue weighted by molar-refractivity contribution is 7.99. The smallest absolute Gasteiger partial charge is 0.270 e. The number of nitro benzene ring substituents is 2. The van der Waals surface area contributed by atoms with Gasteiger partial charge >= 0.3 is 0 Å². The molecule has 1 aliphatic heterocycles. The summed E-state index contributed by atoms with van der Waals surface area (Å²) < 4.78 is 1.66. The topological polar surface area (TPSA) is 129 Å². The van der Waals surface area contributed by atoms with Crippen molar-refractivity contribution in [2.24, 2.45) is 0 Å². The number of hydrogen-bond donors (Lipinski definition) is 1. The summed E-state index contributed by atoms with van der Waals surface area (Å²) >= 11 is 1.40. The van der Waals surface area contributed by atoms with Crippen LogP contribution in [0.4, 0.5) is 11.4 Å². The van der Waals surface area contributed by atoms with E-state index in [1.54, 1.807) is 28.9 Å². The van der Waals surface area contributed by atoms with Crippen LogP contribution in [0.5, 0.6) is 0 Å². The van der Waals surface area contributed by atoms with Crippen LogP contribution < -0.4 is 5.43 Å². The number of nitrogens with one attached hydrogen (secondary N) is 1. The van der Waals surface area contributed by atoms with Crippen LogP contribution >= 0.6 is 11.8 Å². The molecular weight excluding hydrogens is 360 g/mol. The highest BCUT2D eigenvalue weighted by Crippen LogP contribution is 2.40. The molecule has 130 valence electrons. The van der Waals surface area contributed by atoms with Crippen molar-refractivity contribution in [3.63, 3.8) is 0 Å². The van der Waals surface area contributed by atoms with Gasteiger partial charge in [-0.1, -0.05) is 23.9 Å². The first kappa shape index (κ1) is 16.0. The second kappa shape index (κ2) is 6.11. The molecule has 2 heterocycles. The molecule has 26 heavy (non-hydrogen) atoms. The van der Waals surface area contributed by atoms with E-state index in [1.165, 1.54) is 36.0 Å². The Bertz CT molecular complexity index is 1020. The van der Waals surface area contributed by atoms with Gasteiger partial charge in [-0.3, -0.25) is 20.2 Å². The van der Waals surface area contributed by atoms with E-state index < -0.39 is 9.85 Å². The summed E-state index contributed by atoms with van der Waals surface area (Å²) in [5.74, 6) is 0.459. The van der Waals surface area contributed by atoms with Crippen molar-refractivity contribution in [2.45, 2.75) is 10.5 Å². The highest BCUT2D eigenvalue weighted by Gasteiger charge is 2.28.